The Labute approximate surface area is 197 Å². The van der Waals surface area contributed by atoms with Crippen LogP contribution in [0.2, 0.25) is 10.0 Å². The molecule has 0 aliphatic rings. The van der Waals surface area contributed by atoms with E-state index in [4.69, 9.17) is 23.2 Å². The molecule has 0 radical (unpaired) electrons. The number of carbonyl (C=O) groups is 1. The zero-order valence-electron chi connectivity index (χ0n) is 17.7. The average molecular weight is 464 g/mol. The highest BCUT2D eigenvalue weighted by molar-refractivity contribution is 6.35. The fraction of sp³-hybridized carbons (Fsp3) is 0.154. The summed E-state index contributed by atoms with van der Waals surface area (Å²) < 4.78 is 2.11. The van der Waals surface area contributed by atoms with E-state index in [9.17, 15) is 4.79 Å². The number of hydrazone groups is 1. The van der Waals surface area contributed by atoms with E-state index >= 15 is 0 Å². The third-order valence-corrected chi connectivity index (χ3v) is 5.95. The van der Waals surface area contributed by atoms with Gasteiger partial charge in [0.25, 0.3) is 0 Å². The number of aryl methyl sites for hydroxylation is 1. The van der Waals surface area contributed by atoms with Crippen LogP contribution < -0.4 is 5.43 Å². The molecule has 162 valence electrons. The molecule has 1 N–H and O–H groups in total. The number of carbonyl (C=O) groups excluding carboxylic acids is 1. The Bertz CT molecular complexity index is 1280. The van der Waals surface area contributed by atoms with Crippen molar-refractivity contribution in [3.63, 3.8) is 0 Å². The molecule has 0 bridgehead atoms. The summed E-state index contributed by atoms with van der Waals surface area (Å²) in [4.78, 5) is 12.3. The van der Waals surface area contributed by atoms with Crippen molar-refractivity contribution < 1.29 is 4.79 Å². The molecule has 0 saturated heterocycles. The first-order valence-electron chi connectivity index (χ1n) is 10.4. The Balaban J connectivity index is 1.49. The van der Waals surface area contributed by atoms with Gasteiger partial charge in [-0.2, -0.15) is 5.10 Å². The quantitative estimate of drug-likeness (QED) is 0.255. The van der Waals surface area contributed by atoms with Gasteiger partial charge >= 0.3 is 0 Å². The van der Waals surface area contributed by atoms with Crippen LogP contribution in [0.15, 0.2) is 78.0 Å². The molecule has 0 aliphatic heterocycles. The second-order valence-corrected chi connectivity index (χ2v) is 8.45. The number of rotatable bonds is 7. The van der Waals surface area contributed by atoms with Crippen molar-refractivity contribution in [2.45, 2.75) is 26.3 Å². The minimum absolute atomic E-state index is 0.151. The minimum Gasteiger partial charge on any atom is -0.342 e. The lowest BCUT2D eigenvalue weighted by Gasteiger charge is -2.08. The van der Waals surface area contributed by atoms with Gasteiger partial charge < -0.3 is 4.57 Å². The van der Waals surface area contributed by atoms with Crippen molar-refractivity contribution in [2.75, 3.05) is 0 Å². The molecule has 4 nitrogen and oxygen atoms in total. The minimum atomic E-state index is -0.151. The number of halogens is 2. The Hall–Kier alpha value is -3.08. The van der Waals surface area contributed by atoms with Gasteiger partial charge in [-0.15, -0.1) is 0 Å². The second-order valence-electron chi connectivity index (χ2n) is 7.61. The monoisotopic (exact) mass is 463 g/mol. The van der Waals surface area contributed by atoms with E-state index in [1.165, 1.54) is 5.56 Å². The van der Waals surface area contributed by atoms with Crippen molar-refractivity contribution in [3.05, 3.63) is 105 Å². The largest absolute Gasteiger partial charge is 0.342 e. The summed E-state index contributed by atoms with van der Waals surface area (Å²) in [6.45, 7) is 2.71. The first-order valence-corrected chi connectivity index (χ1v) is 11.2. The van der Waals surface area contributed by atoms with Gasteiger partial charge in [0.05, 0.1) is 12.6 Å². The molecule has 0 aliphatic carbocycles. The highest BCUT2D eigenvalue weighted by Gasteiger charge is 2.09. The molecule has 0 spiro atoms. The van der Waals surface area contributed by atoms with Crippen LogP contribution in [0.3, 0.4) is 0 Å². The van der Waals surface area contributed by atoms with Gasteiger partial charge in [-0.05, 0) is 41.3 Å². The normalized spacial score (nSPS) is 11.3. The summed E-state index contributed by atoms with van der Waals surface area (Å²) in [5.41, 5.74) is 7.80. The molecule has 1 heterocycles. The maximum absolute atomic E-state index is 12.3. The SMILES string of the molecule is CCc1ccc(CC(=O)N/N=C\c2cn(Cc3ccc(Cl)cc3Cl)c3ccccc23)cc1. The molecule has 1 amide bonds. The number of para-hydroxylation sites is 1. The highest BCUT2D eigenvalue weighted by Crippen LogP contribution is 2.25. The molecule has 32 heavy (non-hydrogen) atoms. The summed E-state index contributed by atoms with van der Waals surface area (Å²) in [5.74, 6) is -0.151. The molecule has 0 fully saturated rings. The van der Waals surface area contributed by atoms with Gasteiger partial charge in [0.1, 0.15) is 0 Å². The summed E-state index contributed by atoms with van der Waals surface area (Å²) in [7, 11) is 0. The summed E-state index contributed by atoms with van der Waals surface area (Å²) in [6, 6.07) is 21.6. The fourth-order valence-corrected chi connectivity index (χ4v) is 4.10. The van der Waals surface area contributed by atoms with Gasteiger partial charge in [0.15, 0.2) is 0 Å². The van der Waals surface area contributed by atoms with Gasteiger partial charge in [-0.1, -0.05) is 78.7 Å². The Kier molecular flexibility index (Phi) is 6.93. The van der Waals surface area contributed by atoms with Crippen molar-refractivity contribution in [3.8, 4) is 0 Å². The standard InChI is InChI=1S/C26H23Cl2N3O/c1-2-18-7-9-19(10-8-18)13-26(32)30-29-15-21-17-31(25-6-4-3-5-23(21)25)16-20-11-12-22(27)14-24(20)28/h3-12,14-15,17H,2,13,16H2,1H3,(H,30,32)/b29-15-. The molecule has 1 aromatic heterocycles. The average Bonchev–Trinajstić information content (AvgIpc) is 3.14. The highest BCUT2D eigenvalue weighted by atomic mass is 35.5. The van der Waals surface area contributed by atoms with Crippen molar-refractivity contribution in [1.29, 1.82) is 0 Å². The summed E-state index contributed by atoms with van der Waals surface area (Å²) in [5, 5.41) is 6.48. The molecule has 0 saturated carbocycles. The van der Waals surface area contributed by atoms with Crippen LogP contribution in [0, 0.1) is 0 Å². The summed E-state index contributed by atoms with van der Waals surface area (Å²) in [6.07, 6.45) is 4.96. The van der Waals surface area contributed by atoms with Gasteiger partial charge in [0, 0.05) is 39.3 Å². The summed E-state index contributed by atoms with van der Waals surface area (Å²) >= 11 is 12.4. The molecule has 0 atom stereocenters. The predicted molar refractivity (Wildman–Crippen MR) is 133 cm³/mol. The van der Waals surface area contributed by atoms with Crippen LogP contribution >= 0.6 is 23.2 Å². The van der Waals surface area contributed by atoms with Crippen LogP contribution in [0.4, 0.5) is 0 Å². The van der Waals surface area contributed by atoms with E-state index in [1.807, 2.05) is 60.8 Å². The number of nitrogens with zero attached hydrogens (tertiary/aromatic N) is 2. The molecular formula is C26H23Cl2N3O. The first-order chi connectivity index (χ1) is 15.5. The van der Waals surface area contributed by atoms with Crippen LogP contribution in [0.5, 0.6) is 0 Å². The van der Waals surface area contributed by atoms with E-state index < -0.39 is 0 Å². The van der Waals surface area contributed by atoms with Crippen LogP contribution in [0.25, 0.3) is 10.9 Å². The zero-order valence-corrected chi connectivity index (χ0v) is 19.2. The van der Waals surface area contributed by atoms with Gasteiger partial charge in [-0.3, -0.25) is 4.79 Å². The Morgan fingerprint density at radius 3 is 2.53 bits per heavy atom. The topological polar surface area (TPSA) is 46.4 Å². The molecule has 3 aromatic carbocycles. The number of fused-ring (bicyclic) bond motifs is 1. The molecule has 0 unspecified atom stereocenters. The lowest BCUT2D eigenvalue weighted by molar-refractivity contribution is -0.120. The van der Waals surface area contributed by atoms with Crippen molar-refractivity contribution in [1.82, 2.24) is 9.99 Å². The number of hydrogen-bond acceptors (Lipinski definition) is 2. The van der Waals surface area contributed by atoms with Crippen LogP contribution in [-0.2, 0) is 24.2 Å². The number of nitrogens with one attached hydrogen (secondary N) is 1. The molecule has 4 aromatic rings. The van der Waals surface area contributed by atoms with E-state index in [-0.39, 0.29) is 12.3 Å². The predicted octanol–water partition coefficient (Wildman–Crippen LogP) is 6.25. The zero-order chi connectivity index (χ0) is 22.5. The van der Waals surface area contributed by atoms with Gasteiger partial charge in [-0.25, -0.2) is 5.43 Å². The Morgan fingerprint density at radius 2 is 1.78 bits per heavy atom. The lowest BCUT2D eigenvalue weighted by atomic mass is 10.1. The maximum atomic E-state index is 12.3. The number of aromatic nitrogens is 1. The van der Waals surface area contributed by atoms with E-state index in [0.29, 0.717) is 16.6 Å². The van der Waals surface area contributed by atoms with Crippen LogP contribution in [0.1, 0.15) is 29.2 Å². The smallest absolute Gasteiger partial charge is 0.244 e. The first kappa shape index (κ1) is 22.1. The fourth-order valence-electron chi connectivity index (χ4n) is 3.63. The maximum Gasteiger partial charge on any atom is 0.244 e. The van der Waals surface area contributed by atoms with Crippen molar-refractivity contribution >= 4 is 46.2 Å². The number of benzene rings is 3. The van der Waals surface area contributed by atoms with Crippen molar-refractivity contribution in [2.24, 2.45) is 5.10 Å². The van der Waals surface area contributed by atoms with E-state index in [1.54, 1.807) is 12.3 Å². The molecular weight excluding hydrogens is 441 g/mol. The molecule has 4 rings (SSSR count). The third kappa shape index (κ3) is 5.21. The van der Waals surface area contributed by atoms with E-state index in [2.05, 4.69) is 28.1 Å². The van der Waals surface area contributed by atoms with Crippen LogP contribution in [-0.4, -0.2) is 16.7 Å². The number of amides is 1. The second kappa shape index (κ2) is 10.0. The van der Waals surface area contributed by atoms with Gasteiger partial charge in [0.2, 0.25) is 5.91 Å². The third-order valence-electron chi connectivity index (χ3n) is 5.36. The molecule has 6 heteroatoms. The Morgan fingerprint density at radius 1 is 1.03 bits per heavy atom. The lowest BCUT2D eigenvalue weighted by Crippen LogP contribution is -2.19. The number of hydrogen-bond donors (Lipinski definition) is 1. The van der Waals surface area contributed by atoms with E-state index in [0.717, 1.165) is 34.0 Å².